The maximum Gasteiger partial charge on any atom is 0.269 e. The lowest BCUT2D eigenvalue weighted by Gasteiger charge is -2.39. The highest BCUT2D eigenvalue weighted by Crippen LogP contribution is 2.29. The average Bonchev–Trinajstić information content (AvgIpc) is 2.57. The maximum absolute atomic E-state index is 10.9. The number of benzene rings is 1. The number of aryl methyl sites for hydroxylation is 1. The Morgan fingerprint density at radius 1 is 1.21 bits per heavy atom. The Kier molecular flexibility index (Phi) is 5.36. The van der Waals surface area contributed by atoms with Crippen LogP contribution in [0, 0.1) is 23.0 Å². The molecule has 0 aromatic heterocycles. The average molecular weight is 332 g/mol. The van der Waals surface area contributed by atoms with E-state index in [0.29, 0.717) is 5.92 Å². The normalized spacial score (nSPS) is 23.4. The lowest BCUT2D eigenvalue weighted by molar-refractivity contribution is -0.384. The quantitative estimate of drug-likeness (QED) is 0.626. The van der Waals surface area contributed by atoms with Crippen molar-refractivity contribution in [1.82, 2.24) is 9.80 Å². The molecule has 1 aromatic carbocycles. The zero-order valence-electron chi connectivity index (χ0n) is 14.8. The summed E-state index contributed by atoms with van der Waals surface area (Å²) in [7, 11) is 2.19. The van der Waals surface area contributed by atoms with Crippen molar-refractivity contribution in [1.29, 1.82) is 0 Å². The number of piperazine rings is 1. The lowest BCUT2D eigenvalue weighted by Crippen LogP contribution is -2.48. The van der Waals surface area contributed by atoms with Crippen LogP contribution in [-0.2, 0) is 0 Å². The van der Waals surface area contributed by atoms with E-state index in [4.69, 9.17) is 0 Å². The molecule has 0 saturated carbocycles. The molecule has 0 unspecified atom stereocenters. The van der Waals surface area contributed by atoms with E-state index < -0.39 is 0 Å². The molecule has 0 spiro atoms. The molecule has 0 aliphatic carbocycles. The molecule has 0 radical (unpaired) electrons. The van der Waals surface area contributed by atoms with Crippen molar-refractivity contribution in [3.8, 4) is 0 Å². The molecule has 2 saturated heterocycles. The summed E-state index contributed by atoms with van der Waals surface area (Å²) in [6.45, 7) is 9.94. The van der Waals surface area contributed by atoms with Crippen LogP contribution in [0.1, 0.15) is 18.4 Å². The summed E-state index contributed by atoms with van der Waals surface area (Å²) < 4.78 is 0. The molecule has 6 heteroatoms. The maximum atomic E-state index is 10.9. The van der Waals surface area contributed by atoms with Crippen molar-refractivity contribution in [2.45, 2.75) is 19.8 Å². The van der Waals surface area contributed by atoms with Crippen LogP contribution in [0.3, 0.4) is 0 Å². The van der Waals surface area contributed by atoms with Crippen molar-refractivity contribution >= 4 is 11.4 Å². The van der Waals surface area contributed by atoms with E-state index in [1.165, 1.54) is 32.5 Å². The van der Waals surface area contributed by atoms with Gasteiger partial charge in [0.25, 0.3) is 5.69 Å². The molecule has 132 valence electrons. The minimum atomic E-state index is -0.316. The van der Waals surface area contributed by atoms with Crippen molar-refractivity contribution in [3.05, 3.63) is 33.9 Å². The van der Waals surface area contributed by atoms with Gasteiger partial charge < -0.3 is 14.7 Å². The third-order valence-electron chi connectivity index (χ3n) is 5.36. The van der Waals surface area contributed by atoms with E-state index in [2.05, 4.69) is 21.7 Å². The van der Waals surface area contributed by atoms with E-state index in [9.17, 15) is 10.1 Å². The molecule has 0 bridgehead atoms. The van der Waals surface area contributed by atoms with Crippen molar-refractivity contribution < 1.29 is 4.92 Å². The van der Waals surface area contributed by atoms with E-state index in [0.717, 1.165) is 37.4 Å². The van der Waals surface area contributed by atoms with Crippen LogP contribution in [0.5, 0.6) is 0 Å². The van der Waals surface area contributed by atoms with Gasteiger partial charge in [-0.25, -0.2) is 0 Å². The van der Waals surface area contributed by atoms with Gasteiger partial charge in [0.15, 0.2) is 0 Å². The second-order valence-electron chi connectivity index (χ2n) is 7.29. The topological polar surface area (TPSA) is 52.9 Å². The van der Waals surface area contributed by atoms with Crippen LogP contribution in [0.15, 0.2) is 18.2 Å². The first-order valence-electron chi connectivity index (χ1n) is 8.94. The minimum absolute atomic E-state index is 0.183. The molecule has 1 atom stereocenters. The fourth-order valence-corrected chi connectivity index (χ4v) is 3.94. The number of likely N-dealkylation sites (N-methyl/N-ethyl adjacent to an activating group) is 1. The summed E-state index contributed by atoms with van der Waals surface area (Å²) in [5.74, 6) is 0.691. The van der Waals surface area contributed by atoms with Gasteiger partial charge in [-0.05, 0) is 44.4 Å². The van der Waals surface area contributed by atoms with Crippen molar-refractivity contribution in [2.24, 2.45) is 5.92 Å². The van der Waals surface area contributed by atoms with Gasteiger partial charge in [-0.2, -0.15) is 0 Å². The zero-order valence-corrected chi connectivity index (χ0v) is 14.8. The Bertz CT molecular complexity index is 584. The van der Waals surface area contributed by atoms with Crippen LogP contribution < -0.4 is 4.90 Å². The number of anilines is 1. The molecular weight excluding hydrogens is 304 g/mol. The second kappa shape index (κ2) is 7.49. The first kappa shape index (κ1) is 17.2. The Balaban J connectivity index is 1.62. The molecule has 2 fully saturated rings. The molecule has 2 aliphatic heterocycles. The second-order valence-corrected chi connectivity index (χ2v) is 7.29. The summed E-state index contributed by atoms with van der Waals surface area (Å²) in [6.07, 6.45) is 2.49. The van der Waals surface area contributed by atoms with Gasteiger partial charge in [-0.3, -0.25) is 10.1 Å². The van der Waals surface area contributed by atoms with E-state index in [1.807, 2.05) is 13.0 Å². The highest BCUT2D eigenvalue weighted by atomic mass is 16.6. The van der Waals surface area contributed by atoms with Crippen LogP contribution >= 0.6 is 0 Å². The Morgan fingerprint density at radius 2 is 1.96 bits per heavy atom. The molecule has 24 heavy (non-hydrogen) atoms. The number of nitro benzene ring substituents is 1. The number of hydrogen-bond acceptors (Lipinski definition) is 5. The number of piperidine rings is 1. The highest BCUT2D eigenvalue weighted by Gasteiger charge is 2.25. The van der Waals surface area contributed by atoms with Crippen molar-refractivity contribution in [3.63, 3.8) is 0 Å². The standard InChI is InChI=1S/C18H28N4O2/c1-15-12-17(22(23)24)5-6-18(15)21-7-3-4-16(14-21)13-20-10-8-19(2)9-11-20/h5-6,12,16H,3-4,7-11,13-14H2,1-2H3/t16-/m1/s1. The Hall–Kier alpha value is -1.66. The summed E-state index contributed by atoms with van der Waals surface area (Å²) >= 11 is 0. The monoisotopic (exact) mass is 332 g/mol. The zero-order chi connectivity index (χ0) is 17.1. The van der Waals surface area contributed by atoms with Gasteiger partial charge >= 0.3 is 0 Å². The number of rotatable bonds is 4. The fraction of sp³-hybridized carbons (Fsp3) is 0.667. The first-order chi connectivity index (χ1) is 11.5. The summed E-state index contributed by atoms with van der Waals surface area (Å²) in [5.41, 5.74) is 2.34. The third-order valence-corrected chi connectivity index (χ3v) is 5.36. The fourth-order valence-electron chi connectivity index (χ4n) is 3.94. The highest BCUT2D eigenvalue weighted by molar-refractivity contribution is 5.57. The minimum Gasteiger partial charge on any atom is -0.371 e. The van der Waals surface area contributed by atoms with Crippen LogP contribution in [0.25, 0.3) is 0 Å². The molecule has 6 nitrogen and oxygen atoms in total. The smallest absolute Gasteiger partial charge is 0.269 e. The molecule has 3 rings (SSSR count). The number of non-ortho nitro benzene ring substituents is 1. The van der Waals surface area contributed by atoms with Crippen LogP contribution in [0.2, 0.25) is 0 Å². The number of nitrogens with zero attached hydrogens (tertiary/aromatic N) is 4. The lowest BCUT2D eigenvalue weighted by atomic mass is 9.96. The summed E-state index contributed by atoms with van der Waals surface area (Å²) in [5, 5.41) is 10.9. The molecule has 1 aromatic rings. The Labute approximate surface area is 144 Å². The molecular formula is C18H28N4O2. The first-order valence-corrected chi connectivity index (χ1v) is 8.94. The predicted molar refractivity (Wildman–Crippen MR) is 96.7 cm³/mol. The van der Waals surface area contributed by atoms with Gasteiger partial charge in [0, 0.05) is 63.6 Å². The summed E-state index contributed by atoms with van der Waals surface area (Å²) in [4.78, 5) is 18.0. The Morgan fingerprint density at radius 3 is 2.62 bits per heavy atom. The number of hydrogen-bond donors (Lipinski definition) is 0. The van der Waals surface area contributed by atoms with Crippen LogP contribution in [0.4, 0.5) is 11.4 Å². The molecule has 2 heterocycles. The van der Waals surface area contributed by atoms with E-state index in [1.54, 1.807) is 12.1 Å². The molecule has 0 N–H and O–H groups in total. The van der Waals surface area contributed by atoms with E-state index >= 15 is 0 Å². The van der Waals surface area contributed by atoms with Gasteiger partial charge in [0.05, 0.1) is 4.92 Å². The van der Waals surface area contributed by atoms with Crippen LogP contribution in [-0.4, -0.2) is 67.6 Å². The molecule has 2 aliphatic rings. The van der Waals surface area contributed by atoms with Crippen molar-refractivity contribution in [2.75, 3.05) is 57.8 Å². The predicted octanol–water partition coefficient (Wildman–Crippen LogP) is 2.37. The van der Waals surface area contributed by atoms with Gasteiger partial charge in [-0.1, -0.05) is 0 Å². The number of nitro groups is 1. The molecule has 0 amide bonds. The largest absolute Gasteiger partial charge is 0.371 e. The van der Waals surface area contributed by atoms with Gasteiger partial charge in [0.1, 0.15) is 0 Å². The SMILES string of the molecule is Cc1cc([N+](=O)[O-])ccc1N1CCC[C@H](CN2CCN(C)CC2)C1. The third kappa shape index (κ3) is 4.05. The summed E-state index contributed by atoms with van der Waals surface area (Å²) in [6, 6.07) is 5.25. The van der Waals surface area contributed by atoms with Gasteiger partial charge in [-0.15, -0.1) is 0 Å². The van der Waals surface area contributed by atoms with Gasteiger partial charge in [0.2, 0.25) is 0 Å². The van der Waals surface area contributed by atoms with E-state index in [-0.39, 0.29) is 10.6 Å².